The normalized spacial score (nSPS) is 21.6. The molecule has 1 heterocycles. The van der Waals surface area contributed by atoms with Crippen molar-refractivity contribution in [1.82, 2.24) is 9.62 Å². The highest BCUT2D eigenvalue weighted by atomic mass is 32.2. The summed E-state index contributed by atoms with van der Waals surface area (Å²) in [7, 11) is -1.34. The molecule has 0 aliphatic carbocycles. The molecule has 5 nitrogen and oxygen atoms in total. The zero-order chi connectivity index (χ0) is 12.2. The van der Waals surface area contributed by atoms with Crippen LogP contribution in [-0.4, -0.2) is 44.7 Å². The molecule has 0 bridgehead atoms. The van der Waals surface area contributed by atoms with Crippen molar-refractivity contribution in [2.45, 2.75) is 31.7 Å². The second-order valence-corrected chi connectivity index (χ2v) is 6.26. The molecule has 0 aromatic carbocycles. The molecule has 0 spiro atoms. The van der Waals surface area contributed by atoms with Crippen LogP contribution in [0.4, 0.5) is 0 Å². The summed E-state index contributed by atoms with van der Waals surface area (Å²) in [6.45, 7) is 3.32. The zero-order valence-corrected chi connectivity index (χ0v) is 10.7. The number of hydrogen-bond acceptors (Lipinski definition) is 4. The van der Waals surface area contributed by atoms with Gasteiger partial charge in [-0.15, -0.1) is 0 Å². The fourth-order valence-corrected chi connectivity index (χ4v) is 3.34. The van der Waals surface area contributed by atoms with E-state index in [0.717, 1.165) is 13.1 Å². The molecule has 0 aromatic rings. The Labute approximate surface area is 97.5 Å². The molecule has 0 unspecified atom stereocenters. The number of nitrogens with zero attached hydrogens (tertiary/aromatic N) is 2. The summed E-state index contributed by atoms with van der Waals surface area (Å²) in [6.07, 6.45) is 1.68. The van der Waals surface area contributed by atoms with E-state index in [1.54, 1.807) is 0 Å². The predicted molar refractivity (Wildman–Crippen MR) is 62.3 cm³/mol. The Morgan fingerprint density at radius 3 is 2.44 bits per heavy atom. The zero-order valence-electron chi connectivity index (χ0n) is 9.86. The average Bonchev–Trinajstić information content (AvgIpc) is 2.21. The van der Waals surface area contributed by atoms with Gasteiger partial charge in [0.05, 0.1) is 11.8 Å². The molecule has 0 amide bonds. The highest BCUT2D eigenvalue weighted by molar-refractivity contribution is 7.89. The summed E-state index contributed by atoms with van der Waals surface area (Å²) in [5, 5.41) is 9.16. The van der Waals surface area contributed by atoms with E-state index in [4.69, 9.17) is 5.26 Å². The first-order chi connectivity index (χ1) is 7.43. The van der Waals surface area contributed by atoms with Crippen molar-refractivity contribution in [3.8, 4) is 6.07 Å². The lowest BCUT2D eigenvalue weighted by Gasteiger charge is -2.35. The van der Waals surface area contributed by atoms with E-state index in [0.29, 0.717) is 19.3 Å². The van der Waals surface area contributed by atoms with Gasteiger partial charge in [-0.25, -0.2) is 8.42 Å². The van der Waals surface area contributed by atoms with Crippen LogP contribution in [0.1, 0.15) is 26.2 Å². The van der Waals surface area contributed by atoms with Crippen LogP contribution in [-0.2, 0) is 10.0 Å². The van der Waals surface area contributed by atoms with Gasteiger partial charge in [-0.1, -0.05) is 6.92 Å². The molecule has 1 fully saturated rings. The second kappa shape index (κ2) is 5.13. The van der Waals surface area contributed by atoms with Crippen molar-refractivity contribution < 1.29 is 8.42 Å². The molecule has 1 N–H and O–H groups in total. The molecular weight excluding hydrogens is 226 g/mol. The summed E-state index contributed by atoms with van der Waals surface area (Å²) in [5.74, 6) is 0.0896. The number of nitriles is 1. The third-order valence-electron chi connectivity index (χ3n) is 2.88. The molecule has 0 radical (unpaired) electrons. The van der Waals surface area contributed by atoms with E-state index in [-0.39, 0.29) is 5.75 Å². The second-order valence-electron chi connectivity index (χ2n) is 4.42. The molecule has 1 rings (SSSR count). The standard InChI is InChI=1S/C10H19N3O2S/c1-3-8-16(14,15)12-10(9-11)4-6-13(2)7-5-10/h12H,3-8H2,1-2H3. The Balaban J connectivity index is 2.73. The summed E-state index contributed by atoms with van der Waals surface area (Å²) in [4.78, 5) is 2.10. The lowest BCUT2D eigenvalue weighted by Crippen LogP contribution is -2.54. The molecule has 92 valence electrons. The van der Waals surface area contributed by atoms with Gasteiger partial charge in [0, 0.05) is 13.1 Å². The molecule has 0 atom stereocenters. The topological polar surface area (TPSA) is 73.2 Å². The lowest BCUT2D eigenvalue weighted by molar-refractivity contribution is 0.213. The summed E-state index contributed by atoms with van der Waals surface area (Å²) in [5.41, 5.74) is -0.888. The number of hydrogen-bond donors (Lipinski definition) is 1. The largest absolute Gasteiger partial charge is 0.306 e. The molecule has 1 saturated heterocycles. The first-order valence-electron chi connectivity index (χ1n) is 5.54. The Bertz CT molecular complexity index is 364. The highest BCUT2D eigenvalue weighted by Crippen LogP contribution is 2.21. The van der Waals surface area contributed by atoms with Crippen LogP contribution in [0.3, 0.4) is 0 Å². The molecule has 1 aliphatic heterocycles. The summed E-state index contributed by atoms with van der Waals surface area (Å²) < 4.78 is 25.9. The van der Waals surface area contributed by atoms with Gasteiger partial charge < -0.3 is 4.90 Å². The molecule has 0 aromatic heterocycles. The monoisotopic (exact) mass is 245 g/mol. The van der Waals surface area contributed by atoms with Crippen molar-refractivity contribution in [3.63, 3.8) is 0 Å². The SMILES string of the molecule is CCCS(=O)(=O)NC1(C#N)CCN(C)CC1. The van der Waals surface area contributed by atoms with E-state index in [2.05, 4.69) is 15.7 Å². The lowest BCUT2D eigenvalue weighted by atomic mass is 9.91. The van der Waals surface area contributed by atoms with Crippen molar-refractivity contribution in [3.05, 3.63) is 0 Å². The van der Waals surface area contributed by atoms with Crippen LogP contribution >= 0.6 is 0 Å². The fraction of sp³-hybridized carbons (Fsp3) is 0.900. The van der Waals surface area contributed by atoms with Gasteiger partial charge in [-0.05, 0) is 26.3 Å². The van der Waals surface area contributed by atoms with Gasteiger partial charge >= 0.3 is 0 Å². The highest BCUT2D eigenvalue weighted by Gasteiger charge is 2.37. The Kier molecular flexibility index (Phi) is 4.30. The quantitative estimate of drug-likeness (QED) is 0.773. The molecular formula is C10H19N3O2S. The number of sulfonamides is 1. The van der Waals surface area contributed by atoms with Crippen molar-refractivity contribution in [1.29, 1.82) is 5.26 Å². The van der Waals surface area contributed by atoms with E-state index < -0.39 is 15.6 Å². The third kappa shape index (κ3) is 3.44. The minimum Gasteiger partial charge on any atom is -0.306 e. The van der Waals surface area contributed by atoms with E-state index in [1.165, 1.54) is 0 Å². The Morgan fingerprint density at radius 1 is 1.44 bits per heavy atom. The molecule has 6 heteroatoms. The minimum absolute atomic E-state index is 0.0896. The average molecular weight is 245 g/mol. The maximum atomic E-state index is 11.7. The number of rotatable bonds is 4. The summed E-state index contributed by atoms with van der Waals surface area (Å²) in [6, 6.07) is 2.14. The van der Waals surface area contributed by atoms with Crippen molar-refractivity contribution in [2.24, 2.45) is 0 Å². The maximum Gasteiger partial charge on any atom is 0.212 e. The van der Waals surface area contributed by atoms with E-state index in [1.807, 2.05) is 14.0 Å². The van der Waals surface area contributed by atoms with Crippen molar-refractivity contribution >= 4 is 10.0 Å². The summed E-state index contributed by atoms with van der Waals surface area (Å²) >= 11 is 0. The van der Waals surface area contributed by atoms with Gasteiger partial charge in [0.2, 0.25) is 10.0 Å². The van der Waals surface area contributed by atoms with Crippen LogP contribution in [0.25, 0.3) is 0 Å². The fourth-order valence-electron chi connectivity index (χ4n) is 1.85. The number of piperidine rings is 1. The van der Waals surface area contributed by atoms with E-state index >= 15 is 0 Å². The van der Waals surface area contributed by atoms with Crippen LogP contribution in [0.5, 0.6) is 0 Å². The van der Waals surface area contributed by atoms with Crippen LogP contribution in [0.15, 0.2) is 0 Å². The first-order valence-corrected chi connectivity index (χ1v) is 7.20. The number of likely N-dealkylation sites (tertiary alicyclic amines) is 1. The van der Waals surface area contributed by atoms with Gasteiger partial charge in [-0.3, -0.25) is 0 Å². The van der Waals surface area contributed by atoms with Crippen LogP contribution in [0, 0.1) is 11.3 Å². The molecule has 1 aliphatic rings. The minimum atomic E-state index is -3.31. The van der Waals surface area contributed by atoms with Gasteiger partial charge in [0.25, 0.3) is 0 Å². The molecule has 16 heavy (non-hydrogen) atoms. The third-order valence-corrected chi connectivity index (χ3v) is 4.53. The van der Waals surface area contributed by atoms with Gasteiger partial charge in [0.1, 0.15) is 5.54 Å². The first kappa shape index (κ1) is 13.4. The van der Waals surface area contributed by atoms with Crippen molar-refractivity contribution in [2.75, 3.05) is 25.9 Å². The van der Waals surface area contributed by atoms with Crippen LogP contribution < -0.4 is 4.72 Å². The van der Waals surface area contributed by atoms with Gasteiger partial charge in [0.15, 0.2) is 0 Å². The van der Waals surface area contributed by atoms with Gasteiger partial charge in [-0.2, -0.15) is 9.98 Å². The Hall–Kier alpha value is -0.640. The Morgan fingerprint density at radius 2 is 2.00 bits per heavy atom. The smallest absolute Gasteiger partial charge is 0.212 e. The maximum absolute atomic E-state index is 11.7. The molecule has 0 saturated carbocycles. The predicted octanol–water partition coefficient (Wildman–Crippen LogP) is 0.304. The van der Waals surface area contributed by atoms with Crippen LogP contribution in [0.2, 0.25) is 0 Å². The number of nitrogens with one attached hydrogen (secondary N) is 1. The van der Waals surface area contributed by atoms with E-state index in [9.17, 15) is 8.42 Å².